The van der Waals surface area contributed by atoms with Crippen molar-refractivity contribution in [2.45, 2.75) is 22.4 Å². The Hall–Kier alpha value is -0.320. The van der Waals surface area contributed by atoms with Gasteiger partial charge in [-0.05, 0) is 11.1 Å². The maximum absolute atomic E-state index is 6.28. The molecule has 0 saturated carbocycles. The average molecular weight is 461 g/mol. The van der Waals surface area contributed by atoms with Crippen LogP contribution in [-0.2, 0) is 22.4 Å². The smallest absolute Gasteiger partial charge is 0.135 e. The minimum absolute atomic E-state index is 0.809. The summed E-state index contributed by atoms with van der Waals surface area (Å²) < 4.78 is 6.28. The molecule has 0 unspecified atom stereocenters. The third-order valence-corrected chi connectivity index (χ3v) is 5.43. The van der Waals surface area contributed by atoms with Crippen molar-refractivity contribution in [2.75, 3.05) is 0 Å². The summed E-state index contributed by atoms with van der Waals surface area (Å²) in [5.74, 6) is 2.05. The van der Waals surface area contributed by atoms with Crippen LogP contribution in [0.3, 0.4) is 0 Å². The number of rotatable bonds is 3. The van der Waals surface area contributed by atoms with E-state index in [9.17, 15) is 0 Å². The van der Waals surface area contributed by atoms with E-state index in [0.717, 1.165) is 33.9 Å². The van der Waals surface area contributed by atoms with E-state index >= 15 is 0 Å². The quantitative estimate of drug-likeness (QED) is 0.431. The van der Waals surface area contributed by atoms with E-state index in [4.69, 9.17) is 4.74 Å². The average Bonchev–Trinajstić information content (AvgIpc) is 2.51. The Morgan fingerprint density at radius 3 is 2.15 bits per heavy atom. The molecule has 0 aromatic heterocycles. The molecule has 1 aliphatic heterocycles. The van der Waals surface area contributed by atoms with E-state index < -0.39 is 0 Å². The summed E-state index contributed by atoms with van der Waals surface area (Å²) in [7, 11) is 0. The van der Waals surface area contributed by atoms with Gasteiger partial charge in [-0.2, -0.15) is 0 Å². The van der Waals surface area contributed by atoms with Crippen LogP contribution in [0.2, 0.25) is 0 Å². The van der Waals surface area contributed by atoms with Gasteiger partial charge < -0.3 is 4.74 Å². The molecule has 2 aromatic rings. The number of hydrogen-bond acceptors (Lipinski definition) is 1. The number of alkyl halides is 3. The van der Waals surface area contributed by atoms with Crippen LogP contribution in [0.15, 0.2) is 30.3 Å². The lowest BCUT2D eigenvalue weighted by molar-refractivity contribution is 0.451. The second kappa shape index (κ2) is 6.20. The fraction of sp³-hybridized carbons (Fsp3) is 0.250. The van der Waals surface area contributed by atoms with Crippen molar-refractivity contribution in [3.05, 3.63) is 58.1 Å². The van der Waals surface area contributed by atoms with Crippen LogP contribution in [-0.4, -0.2) is 0 Å². The van der Waals surface area contributed by atoms with Crippen molar-refractivity contribution >= 4 is 47.8 Å². The first-order chi connectivity index (χ1) is 9.78. The summed E-state index contributed by atoms with van der Waals surface area (Å²) in [6.45, 7) is 0. The molecule has 0 bridgehead atoms. The summed E-state index contributed by atoms with van der Waals surface area (Å²) in [6, 6.07) is 10.7. The highest BCUT2D eigenvalue weighted by molar-refractivity contribution is 9.09. The second-order valence-electron chi connectivity index (χ2n) is 4.78. The Kier molecular flexibility index (Phi) is 4.53. The second-order valence-corrected chi connectivity index (χ2v) is 6.46. The monoisotopic (exact) mass is 458 g/mol. The topological polar surface area (TPSA) is 9.23 Å². The Balaban J connectivity index is 2.16. The van der Waals surface area contributed by atoms with Gasteiger partial charge in [0, 0.05) is 39.1 Å². The van der Waals surface area contributed by atoms with Crippen LogP contribution >= 0.6 is 47.8 Å². The van der Waals surface area contributed by atoms with Crippen molar-refractivity contribution in [3.63, 3.8) is 0 Å². The fourth-order valence-electron chi connectivity index (χ4n) is 2.57. The van der Waals surface area contributed by atoms with E-state index in [1.165, 1.54) is 27.8 Å². The maximum atomic E-state index is 6.28. The number of ether oxygens (including phenoxy) is 1. The highest BCUT2D eigenvalue weighted by atomic mass is 79.9. The first-order valence-electron chi connectivity index (χ1n) is 6.38. The number of hydrogen-bond donors (Lipinski definition) is 0. The summed E-state index contributed by atoms with van der Waals surface area (Å²) in [4.78, 5) is 0. The lowest BCUT2D eigenvalue weighted by atomic mass is 9.93. The van der Waals surface area contributed by atoms with Gasteiger partial charge in [-0.3, -0.25) is 0 Å². The van der Waals surface area contributed by atoms with Gasteiger partial charge in [-0.15, -0.1) is 0 Å². The third kappa shape index (κ3) is 2.46. The van der Waals surface area contributed by atoms with Gasteiger partial charge in [-0.1, -0.05) is 78.1 Å². The van der Waals surface area contributed by atoms with Crippen LogP contribution in [0, 0.1) is 0 Å². The molecule has 0 spiro atoms. The lowest BCUT2D eigenvalue weighted by Crippen LogP contribution is -2.09. The summed E-state index contributed by atoms with van der Waals surface area (Å²) in [5.41, 5.74) is 6.29. The molecular formula is C16H13Br3O. The molecule has 0 amide bonds. The zero-order chi connectivity index (χ0) is 14.1. The molecule has 0 N–H and O–H groups in total. The largest absolute Gasteiger partial charge is 0.456 e. The molecule has 20 heavy (non-hydrogen) atoms. The number of benzene rings is 2. The Morgan fingerprint density at radius 2 is 1.45 bits per heavy atom. The third-order valence-electron chi connectivity index (χ3n) is 3.62. The van der Waals surface area contributed by atoms with Crippen molar-refractivity contribution in [2.24, 2.45) is 0 Å². The Labute approximate surface area is 144 Å². The Bertz CT molecular complexity index is 652. The summed E-state index contributed by atoms with van der Waals surface area (Å²) in [6.07, 6.45) is 0.938. The van der Waals surface area contributed by atoms with Crippen LogP contribution in [0.1, 0.15) is 27.8 Å². The van der Waals surface area contributed by atoms with Gasteiger partial charge in [-0.25, -0.2) is 0 Å². The van der Waals surface area contributed by atoms with Gasteiger partial charge in [0.1, 0.15) is 11.5 Å². The maximum Gasteiger partial charge on any atom is 0.135 e. The van der Waals surface area contributed by atoms with Crippen LogP contribution in [0.25, 0.3) is 0 Å². The van der Waals surface area contributed by atoms with Crippen LogP contribution < -0.4 is 4.74 Å². The Morgan fingerprint density at radius 1 is 0.800 bits per heavy atom. The molecule has 2 aromatic carbocycles. The van der Waals surface area contributed by atoms with Gasteiger partial charge >= 0.3 is 0 Å². The molecular weight excluding hydrogens is 448 g/mol. The molecule has 1 nitrogen and oxygen atoms in total. The number of para-hydroxylation sites is 1. The highest BCUT2D eigenvalue weighted by Crippen LogP contribution is 2.43. The summed E-state index contributed by atoms with van der Waals surface area (Å²) >= 11 is 10.7. The molecule has 104 valence electrons. The predicted octanol–water partition coefficient (Wildman–Crippen LogP) is 6.07. The molecule has 0 fully saturated rings. The van der Waals surface area contributed by atoms with Gasteiger partial charge in [0.25, 0.3) is 0 Å². The molecule has 3 rings (SSSR count). The number of fused-ring (bicyclic) bond motifs is 2. The molecule has 4 heteroatoms. The lowest BCUT2D eigenvalue weighted by Gasteiger charge is -2.26. The van der Waals surface area contributed by atoms with E-state index in [0.29, 0.717) is 0 Å². The normalized spacial score (nSPS) is 12.6. The molecule has 1 heterocycles. The first-order valence-corrected chi connectivity index (χ1v) is 9.75. The SMILES string of the molecule is BrCc1ccc(CBr)c2c1Cc1cccc(CBr)c1O2. The van der Waals surface area contributed by atoms with E-state index in [1.54, 1.807) is 0 Å². The minimum atomic E-state index is 0.809. The minimum Gasteiger partial charge on any atom is -0.456 e. The number of halogens is 3. The van der Waals surface area contributed by atoms with Gasteiger partial charge in [0.2, 0.25) is 0 Å². The molecule has 0 radical (unpaired) electrons. The zero-order valence-corrected chi connectivity index (χ0v) is 15.5. The zero-order valence-electron chi connectivity index (χ0n) is 10.8. The van der Waals surface area contributed by atoms with E-state index in [-0.39, 0.29) is 0 Å². The van der Waals surface area contributed by atoms with E-state index in [2.05, 4.69) is 78.1 Å². The molecule has 1 aliphatic rings. The van der Waals surface area contributed by atoms with Crippen molar-refractivity contribution in [1.82, 2.24) is 0 Å². The summed E-state index contributed by atoms with van der Waals surface area (Å²) in [5, 5.41) is 2.48. The van der Waals surface area contributed by atoms with Crippen molar-refractivity contribution < 1.29 is 4.74 Å². The van der Waals surface area contributed by atoms with Crippen LogP contribution in [0.4, 0.5) is 0 Å². The van der Waals surface area contributed by atoms with Gasteiger partial charge in [0.05, 0.1) is 0 Å². The van der Waals surface area contributed by atoms with E-state index in [1.807, 2.05) is 0 Å². The van der Waals surface area contributed by atoms with Crippen molar-refractivity contribution in [3.8, 4) is 11.5 Å². The molecule has 0 aliphatic carbocycles. The standard InChI is InChI=1S/C16H13Br3O/c17-7-11-4-5-13(9-19)16-14(11)6-10-2-1-3-12(8-18)15(10)20-16/h1-5H,6-9H2. The van der Waals surface area contributed by atoms with Crippen LogP contribution in [0.5, 0.6) is 11.5 Å². The van der Waals surface area contributed by atoms with Crippen molar-refractivity contribution in [1.29, 1.82) is 0 Å². The van der Waals surface area contributed by atoms with Gasteiger partial charge in [0.15, 0.2) is 0 Å². The molecule has 0 saturated heterocycles. The molecule has 0 atom stereocenters. The highest BCUT2D eigenvalue weighted by Gasteiger charge is 2.23. The fourth-order valence-corrected chi connectivity index (χ4v) is 3.98. The predicted molar refractivity (Wildman–Crippen MR) is 93.7 cm³/mol. The first kappa shape index (κ1) is 14.6.